The molecule has 2 rings (SSSR count). The number of carbonyl (C=O) groups excluding carboxylic acids is 2. The minimum atomic E-state index is -0.227. The van der Waals surface area contributed by atoms with Gasteiger partial charge in [0.15, 0.2) is 0 Å². The predicted molar refractivity (Wildman–Crippen MR) is 86.6 cm³/mol. The van der Waals surface area contributed by atoms with Crippen molar-refractivity contribution < 1.29 is 19.1 Å². The Morgan fingerprint density at radius 2 is 2.13 bits per heavy atom. The molecule has 0 fully saturated rings. The van der Waals surface area contributed by atoms with Gasteiger partial charge in [-0.2, -0.15) is 0 Å². The minimum absolute atomic E-state index is 0.0375. The minimum Gasteiger partial charge on any atom is -0.497 e. The van der Waals surface area contributed by atoms with Crippen molar-refractivity contribution in [1.82, 2.24) is 10.6 Å². The zero-order valence-corrected chi connectivity index (χ0v) is 13.7. The van der Waals surface area contributed by atoms with Crippen molar-refractivity contribution in [2.75, 3.05) is 26.8 Å². The summed E-state index contributed by atoms with van der Waals surface area (Å²) in [4.78, 5) is 23.7. The van der Waals surface area contributed by atoms with Crippen LogP contribution in [0.25, 0.3) is 0 Å². The number of rotatable bonds is 7. The highest BCUT2D eigenvalue weighted by atomic mass is 16.5. The second kappa shape index (κ2) is 8.41. The molecule has 0 saturated heterocycles. The van der Waals surface area contributed by atoms with Crippen LogP contribution in [0.15, 0.2) is 18.2 Å². The maximum atomic E-state index is 12.2. The summed E-state index contributed by atoms with van der Waals surface area (Å²) in [5.41, 5.74) is 0.998. The Hall–Kier alpha value is -2.24. The van der Waals surface area contributed by atoms with Gasteiger partial charge in [-0.1, -0.05) is 13.0 Å². The Morgan fingerprint density at radius 3 is 2.87 bits per heavy atom. The third kappa shape index (κ3) is 4.87. The lowest BCUT2D eigenvalue weighted by atomic mass is 9.96. The Bertz CT molecular complexity index is 560. The molecule has 126 valence electrons. The molecule has 0 saturated carbocycles. The van der Waals surface area contributed by atoms with Crippen LogP contribution in [0.5, 0.6) is 11.5 Å². The van der Waals surface area contributed by atoms with Crippen LogP contribution in [-0.4, -0.2) is 38.6 Å². The van der Waals surface area contributed by atoms with Gasteiger partial charge in [-0.15, -0.1) is 0 Å². The predicted octanol–water partition coefficient (Wildman–Crippen LogP) is 1.28. The molecule has 1 heterocycles. The second-order valence-electron chi connectivity index (χ2n) is 5.58. The summed E-state index contributed by atoms with van der Waals surface area (Å²) >= 11 is 0. The summed E-state index contributed by atoms with van der Waals surface area (Å²) < 4.78 is 10.8. The van der Waals surface area contributed by atoms with Gasteiger partial charge in [0.25, 0.3) is 0 Å². The zero-order valence-electron chi connectivity index (χ0n) is 13.7. The molecule has 1 aromatic carbocycles. The van der Waals surface area contributed by atoms with E-state index in [1.807, 2.05) is 25.1 Å². The number of carbonyl (C=O) groups is 2. The monoisotopic (exact) mass is 320 g/mol. The highest BCUT2D eigenvalue weighted by Crippen LogP contribution is 2.30. The number of hydrogen-bond acceptors (Lipinski definition) is 4. The number of fused-ring (bicyclic) bond motifs is 1. The second-order valence-corrected chi connectivity index (χ2v) is 5.58. The molecule has 1 aliphatic heterocycles. The highest BCUT2D eigenvalue weighted by molar-refractivity contribution is 5.81. The van der Waals surface area contributed by atoms with Gasteiger partial charge in [-0.05, 0) is 24.5 Å². The molecule has 0 spiro atoms. The zero-order chi connectivity index (χ0) is 16.7. The fourth-order valence-corrected chi connectivity index (χ4v) is 2.44. The molecule has 0 unspecified atom stereocenters. The number of benzene rings is 1. The molecule has 6 heteroatoms. The van der Waals surface area contributed by atoms with Crippen LogP contribution in [0.3, 0.4) is 0 Å². The summed E-state index contributed by atoms with van der Waals surface area (Å²) in [7, 11) is 1.61. The van der Waals surface area contributed by atoms with Gasteiger partial charge in [0.2, 0.25) is 11.8 Å². The van der Waals surface area contributed by atoms with E-state index in [1.54, 1.807) is 7.11 Å². The first kappa shape index (κ1) is 17.1. The molecule has 2 N–H and O–H groups in total. The quantitative estimate of drug-likeness (QED) is 0.793. The Balaban J connectivity index is 1.79. The lowest BCUT2D eigenvalue weighted by Gasteiger charge is -2.25. The van der Waals surface area contributed by atoms with Gasteiger partial charge in [0.05, 0.1) is 13.0 Å². The van der Waals surface area contributed by atoms with Crippen molar-refractivity contribution in [3.05, 3.63) is 23.8 Å². The molecule has 1 atom stereocenters. The van der Waals surface area contributed by atoms with Crippen LogP contribution in [0, 0.1) is 5.92 Å². The molecule has 23 heavy (non-hydrogen) atoms. The van der Waals surface area contributed by atoms with E-state index < -0.39 is 0 Å². The van der Waals surface area contributed by atoms with Gasteiger partial charge in [-0.25, -0.2) is 0 Å². The largest absolute Gasteiger partial charge is 0.497 e. The van der Waals surface area contributed by atoms with Crippen LogP contribution in [0.4, 0.5) is 0 Å². The molecule has 1 aromatic rings. The molecular formula is C17H24N2O4. The van der Waals surface area contributed by atoms with Gasteiger partial charge in [-0.3, -0.25) is 9.59 Å². The van der Waals surface area contributed by atoms with Crippen molar-refractivity contribution in [1.29, 1.82) is 0 Å². The third-order valence-corrected chi connectivity index (χ3v) is 3.77. The normalized spacial score (nSPS) is 16.0. The fraction of sp³-hybridized carbons (Fsp3) is 0.529. The summed E-state index contributed by atoms with van der Waals surface area (Å²) in [5, 5.41) is 5.59. The van der Waals surface area contributed by atoms with E-state index in [0.717, 1.165) is 23.5 Å². The molecule has 0 aromatic heterocycles. The number of methoxy groups -OCH3 is 1. The summed E-state index contributed by atoms with van der Waals surface area (Å²) in [6, 6.07) is 5.62. The number of nitrogens with one attached hydrogen (secondary N) is 2. The standard InChI is InChI=1S/C17H24N2O4/c1-3-7-18-16(20)6-8-19-17(21)13-9-12-4-5-14(22-2)10-15(12)23-11-13/h4-5,10,13H,3,6-9,11H2,1-2H3,(H,18,20)(H,19,21)/t13-/m1/s1. The maximum absolute atomic E-state index is 12.2. The molecule has 2 amide bonds. The van der Waals surface area contributed by atoms with Crippen LogP contribution in [-0.2, 0) is 16.0 Å². The van der Waals surface area contributed by atoms with Crippen molar-refractivity contribution >= 4 is 11.8 Å². The van der Waals surface area contributed by atoms with E-state index in [0.29, 0.717) is 32.5 Å². The number of amides is 2. The third-order valence-electron chi connectivity index (χ3n) is 3.77. The van der Waals surface area contributed by atoms with E-state index >= 15 is 0 Å². The maximum Gasteiger partial charge on any atom is 0.226 e. The average molecular weight is 320 g/mol. The number of hydrogen-bond donors (Lipinski definition) is 2. The Kier molecular flexibility index (Phi) is 6.26. The van der Waals surface area contributed by atoms with E-state index in [4.69, 9.17) is 9.47 Å². The van der Waals surface area contributed by atoms with Gasteiger partial charge >= 0.3 is 0 Å². The SMILES string of the molecule is CCCNC(=O)CCNC(=O)[C@H]1COc2cc(OC)ccc2C1. The van der Waals surface area contributed by atoms with Crippen molar-refractivity contribution in [2.45, 2.75) is 26.2 Å². The van der Waals surface area contributed by atoms with Crippen LogP contribution < -0.4 is 20.1 Å². The van der Waals surface area contributed by atoms with E-state index in [9.17, 15) is 9.59 Å². The Labute approximate surface area is 136 Å². The lowest BCUT2D eigenvalue weighted by Crippen LogP contribution is -2.39. The first-order chi connectivity index (χ1) is 11.1. The van der Waals surface area contributed by atoms with Crippen molar-refractivity contribution in [3.63, 3.8) is 0 Å². The summed E-state index contributed by atoms with van der Waals surface area (Å²) in [6.45, 7) is 3.36. The summed E-state index contributed by atoms with van der Waals surface area (Å²) in [5.74, 6) is 1.17. The van der Waals surface area contributed by atoms with Crippen molar-refractivity contribution in [3.8, 4) is 11.5 Å². The smallest absolute Gasteiger partial charge is 0.226 e. The molecule has 0 bridgehead atoms. The lowest BCUT2D eigenvalue weighted by molar-refractivity contribution is -0.126. The number of ether oxygens (including phenoxy) is 2. The Morgan fingerprint density at radius 1 is 1.30 bits per heavy atom. The highest BCUT2D eigenvalue weighted by Gasteiger charge is 2.26. The van der Waals surface area contributed by atoms with Crippen LogP contribution in [0.1, 0.15) is 25.3 Å². The van der Waals surface area contributed by atoms with Gasteiger partial charge < -0.3 is 20.1 Å². The van der Waals surface area contributed by atoms with E-state index in [1.165, 1.54) is 0 Å². The topological polar surface area (TPSA) is 76.7 Å². The van der Waals surface area contributed by atoms with E-state index in [2.05, 4.69) is 10.6 Å². The fourth-order valence-electron chi connectivity index (χ4n) is 2.44. The van der Waals surface area contributed by atoms with Crippen LogP contribution in [0.2, 0.25) is 0 Å². The van der Waals surface area contributed by atoms with Crippen LogP contribution >= 0.6 is 0 Å². The summed E-state index contributed by atoms with van der Waals surface area (Å²) in [6.07, 6.45) is 1.84. The van der Waals surface area contributed by atoms with Gasteiger partial charge in [0.1, 0.15) is 18.1 Å². The first-order valence-corrected chi connectivity index (χ1v) is 7.98. The molecule has 0 aliphatic carbocycles. The van der Waals surface area contributed by atoms with Crippen molar-refractivity contribution in [2.24, 2.45) is 5.92 Å². The average Bonchev–Trinajstić information content (AvgIpc) is 2.58. The first-order valence-electron chi connectivity index (χ1n) is 7.98. The molecule has 1 aliphatic rings. The van der Waals surface area contributed by atoms with Gasteiger partial charge in [0, 0.05) is 25.6 Å². The molecular weight excluding hydrogens is 296 g/mol. The van der Waals surface area contributed by atoms with E-state index in [-0.39, 0.29) is 17.7 Å². The molecule has 0 radical (unpaired) electrons. The molecule has 6 nitrogen and oxygen atoms in total.